The maximum atomic E-state index is 10.7. The summed E-state index contributed by atoms with van der Waals surface area (Å²) >= 11 is 0. The van der Waals surface area contributed by atoms with Crippen molar-refractivity contribution in [1.29, 1.82) is 0 Å². The van der Waals surface area contributed by atoms with Crippen molar-refractivity contribution in [2.75, 3.05) is 6.61 Å². The van der Waals surface area contributed by atoms with Crippen LogP contribution in [0.15, 0.2) is 24.3 Å². The molecule has 0 spiro atoms. The van der Waals surface area contributed by atoms with Crippen molar-refractivity contribution in [3.8, 4) is 0 Å². The molecular weight excluding hydrogens is 192 g/mol. The number of hydrogen-bond acceptors (Lipinski definition) is 3. The minimum absolute atomic E-state index is 0.0300. The molecule has 0 aliphatic heterocycles. The molecule has 0 aromatic carbocycles. The highest BCUT2D eigenvalue weighted by Crippen LogP contribution is 2.29. The second-order valence-electron chi connectivity index (χ2n) is 4.30. The number of hydrogen-bond donors (Lipinski definition) is 1. The van der Waals surface area contributed by atoms with E-state index in [0.29, 0.717) is 0 Å². The molecule has 1 rings (SSSR count). The molecule has 0 aromatic heterocycles. The van der Waals surface area contributed by atoms with E-state index in [9.17, 15) is 9.90 Å². The summed E-state index contributed by atoms with van der Waals surface area (Å²) in [6.07, 6.45) is 5.60. The Morgan fingerprint density at radius 2 is 2.47 bits per heavy atom. The van der Waals surface area contributed by atoms with Gasteiger partial charge >= 0.3 is 5.97 Å². The van der Waals surface area contributed by atoms with Gasteiger partial charge in [-0.2, -0.15) is 0 Å². The summed E-state index contributed by atoms with van der Waals surface area (Å²) in [5.41, 5.74) is 0.0950. The van der Waals surface area contributed by atoms with E-state index in [1.807, 2.05) is 12.2 Å². The molecule has 1 aliphatic rings. The molecule has 0 fully saturated rings. The Kier molecular flexibility index (Phi) is 3.69. The smallest absolute Gasteiger partial charge is 0.302 e. The van der Waals surface area contributed by atoms with E-state index in [4.69, 9.17) is 4.74 Å². The molecule has 0 heterocycles. The quantitative estimate of drug-likeness (QED) is 0.723. The molecule has 0 bridgehead atoms. The van der Waals surface area contributed by atoms with E-state index in [-0.39, 0.29) is 18.5 Å². The highest BCUT2D eigenvalue weighted by Gasteiger charge is 2.32. The fourth-order valence-corrected chi connectivity index (χ4v) is 1.65. The summed E-state index contributed by atoms with van der Waals surface area (Å²) in [6, 6.07) is 0. The van der Waals surface area contributed by atoms with Gasteiger partial charge in [-0.1, -0.05) is 24.3 Å². The molecule has 0 saturated carbocycles. The monoisotopic (exact) mass is 210 g/mol. The summed E-state index contributed by atoms with van der Waals surface area (Å²) in [5.74, 6) is -0.332. The van der Waals surface area contributed by atoms with E-state index < -0.39 is 5.60 Å². The molecule has 1 aliphatic carbocycles. The second-order valence-corrected chi connectivity index (χ2v) is 4.30. The standard InChI is InChI=1S/C12H18O3/c1-9-4-6-11(7-5-9)12(3,14)8-15-10(2)13/h4,6,11,14H,1,5,7-8H2,2-3H3. The van der Waals surface area contributed by atoms with Gasteiger partial charge in [0.15, 0.2) is 0 Å². The van der Waals surface area contributed by atoms with E-state index in [2.05, 4.69) is 6.58 Å². The fourth-order valence-electron chi connectivity index (χ4n) is 1.65. The van der Waals surface area contributed by atoms with Crippen LogP contribution in [0.25, 0.3) is 0 Å². The first-order chi connectivity index (χ1) is 6.92. The lowest BCUT2D eigenvalue weighted by Crippen LogP contribution is -2.39. The number of aliphatic hydroxyl groups is 1. The van der Waals surface area contributed by atoms with Gasteiger partial charge in [0, 0.05) is 12.8 Å². The summed E-state index contributed by atoms with van der Waals surface area (Å²) in [5, 5.41) is 10.1. The second kappa shape index (κ2) is 4.62. The van der Waals surface area contributed by atoms with Crippen LogP contribution in [0.5, 0.6) is 0 Å². The molecule has 1 N–H and O–H groups in total. The minimum Gasteiger partial charge on any atom is -0.463 e. The van der Waals surface area contributed by atoms with Gasteiger partial charge in [-0.25, -0.2) is 0 Å². The number of allylic oxidation sites excluding steroid dienone is 2. The Morgan fingerprint density at radius 1 is 1.80 bits per heavy atom. The molecule has 3 heteroatoms. The highest BCUT2D eigenvalue weighted by molar-refractivity contribution is 5.65. The third-order valence-corrected chi connectivity index (χ3v) is 2.71. The average molecular weight is 210 g/mol. The SMILES string of the molecule is C=C1C=CC(C(C)(O)COC(C)=O)CC1. The summed E-state index contributed by atoms with van der Waals surface area (Å²) in [6.45, 7) is 6.93. The largest absolute Gasteiger partial charge is 0.463 e. The first-order valence-corrected chi connectivity index (χ1v) is 5.13. The Hall–Kier alpha value is -1.09. The number of ether oxygens (including phenoxy) is 1. The predicted molar refractivity (Wildman–Crippen MR) is 58.3 cm³/mol. The van der Waals surface area contributed by atoms with Crippen molar-refractivity contribution >= 4 is 5.97 Å². The van der Waals surface area contributed by atoms with E-state index in [1.54, 1.807) is 6.92 Å². The van der Waals surface area contributed by atoms with Gasteiger partial charge in [-0.15, -0.1) is 0 Å². The van der Waals surface area contributed by atoms with Gasteiger partial charge < -0.3 is 9.84 Å². The number of rotatable bonds is 3. The molecule has 0 saturated heterocycles. The maximum absolute atomic E-state index is 10.7. The molecular formula is C12H18O3. The van der Waals surface area contributed by atoms with Crippen LogP contribution in [0.3, 0.4) is 0 Å². The Bertz CT molecular complexity index is 289. The maximum Gasteiger partial charge on any atom is 0.302 e. The zero-order valence-corrected chi connectivity index (χ0v) is 9.32. The molecule has 15 heavy (non-hydrogen) atoms. The van der Waals surface area contributed by atoms with Crippen LogP contribution in [0.4, 0.5) is 0 Å². The van der Waals surface area contributed by atoms with Gasteiger partial charge in [0.25, 0.3) is 0 Å². The summed E-state index contributed by atoms with van der Waals surface area (Å²) in [4.78, 5) is 10.7. The Morgan fingerprint density at radius 3 is 2.93 bits per heavy atom. The van der Waals surface area contributed by atoms with Gasteiger partial charge in [-0.3, -0.25) is 4.79 Å². The molecule has 0 radical (unpaired) electrons. The van der Waals surface area contributed by atoms with Crippen molar-refractivity contribution in [3.63, 3.8) is 0 Å². The van der Waals surface area contributed by atoms with Crippen molar-refractivity contribution in [2.45, 2.75) is 32.3 Å². The first kappa shape index (κ1) is 12.0. The molecule has 2 atom stereocenters. The van der Waals surface area contributed by atoms with Crippen LogP contribution in [-0.4, -0.2) is 23.3 Å². The van der Waals surface area contributed by atoms with E-state index in [1.165, 1.54) is 6.92 Å². The van der Waals surface area contributed by atoms with Crippen molar-refractivity contribution in [3.05, 3.63) is 24.3 Å². The van der Waals surface area contributed by atoms with Gasteiger partial charge in [0.2, 0.25) is 0 Å². The third kappa shape index (κ3) is 3.51. The summed E-state index contributed by atoms with van der Waals surface area (Å²) < 4.78 is 4.84. The molecule has 0 aromatic rings. The lowest BCUT2D eigenvalue weighted by molar-refractivity contribution is -0.150. The van der Waals surface area contributed by atoms with Crippen LogP contribution in [-0.2, 0) is 9.53 Å². The number of esters is 1. The number of carbonyl (C=O) groups excluding carboxylic acids is 1. The van der Waals surface area contributed by atoms with Crippen LogP contribution in [0.2, 0.25) is 0 Å². The van der Waals surface area contributed by atoms with E-state index in [0.717, 1.165) is 18.4 Å². The topological polar surface area (TPSA) is 46.5 Å². The van der Waals surface area contributed by atoms with Crippen molar-refractivity contribution in [1.82, 2.24) is 0 Å². The molecule has 2 unspecified atom stereocenters. The zero-order chi connectivity index (χ0) is 11.5. The zero-order valence-electron chi connectivity index (χ0n) is 9.32. The van der Waals surface area contributed by atoms with Crippen LogP contribution in [0, 0.1) is 5.92 Å². The van der Waals surface area contributed by atoms with Crippen LogP contribution >= 0.6 is 0 Å². The predicted octanol–water partition coefficient (Wildman–Crippen LogP) is 1.82. The van der Waals surface area contributed by atoms with Crippen LogP contribution in [0.1, 0.15) is 26.7 Å². The van der Waals surface area contributed by atoms with Gasteiger partial charge in [-0.05, 0) is 19.8 Å². The van der Waals surface area contributed by atoms with Gasteiger partial charge in [0.1, 0.15) is 12.2 Å². The fraction of sp³-hybridized carbons (Fsp3) is 0.583. The Balaban J connectivity index is 2.57. The van der Waals surface area contributed by atoms with Crippen molar-refractivity contribution < 1.29 is 14.6 Å². The van der Waals surface area contributed by atoms with Gasteiger partial charge in [0.05, 0.1) is 0 Å². The molecule has 84 valence electrons. The lowest BCUT2D eigenvalue weighted by atomic mass is 9.81. The molecule has 3 nitrogen and oxygen atoms in total. The average Bonchev–Trinajstić information content (AvgIpc) is 2.16. The summed E-state index contributed by atoms with van der Waals surface area (Å²) in [7, 11) is 0. The minimum atomic E-state index is -0.983. The number of carbonyl (C=O) groups is 1. The Labute approximate surface area is 90.4 Å². The normalized spacial score (nSPS) is 24.7. The first-order valence-electron chi connectivity index (χ1n) is 5.13. The van der Waals surface area contributed by atoms with E-state index >= 15 is 0 Å². The lowest BCUT2D eigenvalue weighted by Gasteiger charge is -2.32. The third-order valence-electron chi connectivity index (χ3n) is 2.71. The molecule has 0 amide bonds. The highest BCUT2D eigenvalue weighted by atomic mass is 16.5. The van der Waals surface area contributed by atoms with Crippen LogP contribution < -0.4 is 0 Å². The van der Waals surface area contributed by atoms with Crippen molar-refractivity contribution in [2.24, 2.45) is 5.92 Å².